The van der Waals surface area contributed by atoms with Gasteiger partial charge in [0.2, 0.25) is 0 Å². The van der Waals surface area contributed by atoms with Gasteiger partial charge in [-0.3, -0.25) is 0 Å². The number of ether oxygens (including phenoxy) is 1. The zero-order valence-corrected chi connectivity index (χ0v) is 12.9. The summed E-state index contributed by atoms with van der Waals surface area (Å²) in [6.45, 7) is 7.42. The lowest BCUT2D eigenvalue weighted by Crippen LogP contribution is -2.34. The van der Waals surface area contributed by atoms with Crippen molar-refractivity contribution in [1.29, 1.82) is 0 Å². The molecule has 0 bridgehead atoms. The van der Waals surface area contributed by atoms with Crippen LogP contribution >= 0.6 is 0 Å². The molecular formula is C16H33NO2. The van der Waals surface area contributed by atoms with Crippen LogP contribution in [0.4, 0.5) is 0 Å². The molecule has 1 fully saturated rings. The predicted molar refractivity (Wildman–Crippen MR) is 80.3 cm³/mol. The molecule has 0 amide bonds. The number of aliphatic hydroxyl groups excluding tert-OH is 1. The van der Waals surface area contributed by atoms with Gasteiger partial charge in [0.1, 0.15) is 0 Å². The van der Waals surface area contributed by atoms with Gasteiger partial charge in [0.25, 0.3) is 0 Å². The number of rotatable bonds is 10. The highest BCUT2D eigenvalue weighted by molar-refractivity contribution is 4.69. The maximum atomic E-state index is 9.80. The highest BCUT2D eigenvalue weighted by Gasteiger charge is 2.13. The second-order valence-electron chi connectivity index (χ2n) is 6.43. The second kappa shape index (κ2) is 10.6. The maximum Gasteiger partial charge on any atom is 0.0897 e. The van der Waals surface area contributed by atoms with E-state index < -0.39 is 0 Å². The van der Waals surface area contributed by atoms with Crippen molar-refractivity contribution in [2.75, 3.05) is 26.3 Å². The minimum atomic E-state index is -0.359. The Hall–Kier alpha value is -0.120. The Bertz CT molecular complexity index is 203. The van der Waals surface area contributed by atoms with Crippen molar-refractivity contribution in [2.45, 2.75) is 64.9 Å². The van der Waals surface area contributed by atoms with E-state index in [9.17, 15) is 5.11 Å². The molecule has 1 aliphatic rings. The topological polar surface area (TPSA) is 41.5 Å². The number of hydrogen-bond donors (Lipinski definition) is 2. The molecule has 0 saturated heterocycles. The molecule has 1 atom stereocenters. The first-order valence-corrected chi connectivity index (χ1v) is 8.15. The van der Waals surface area contributed by atoms with Gasteiger partial charge in [0, 0.05) is 13.2 Å². The smallest absolute Gasteiger partial charge is 0.0897 e. The van der Waals surface area contributed by atoms with Gasteiger partial charge in [0.15, 0.2) is 0 Å². The van der Waals surface area contributed by atoms with Crippen molar-refractivity contribution in [3.05, 3.63) is 0 Å². The van der Waals surface area contributed by atoms with E-state index in [0.717, 1.165) is 31.4 Å². The average Bonchev–Trinajstić information content (AvgIpc) is 2.39. The third-order valence-electron chi connectivity index (χ3n) is 3.92. The van der Waals surface area contributed by atoms with E-state index in [1.807, 2.05) is 0 Å². The van der Waals surface area contributed by atoms with Crippen molar-refractivity contribution in [3.63, 3.8) is 0 Å². The van der Waals surface area contributed by atoms with E-state index in [1.165, 1.54) is 38.5 Å². The van der Waals surface area contributed by atoms with E-state index in [0.29, 0.717) is 13.2 Å². The Morgan fingerprint density at radius 1 is 1.21 bits per heavy atom. The third-order valence-corrected chi connectivity index (χ3v) is 3.92. The first-order valence-electron chi connectivity index (χ1n) is 8.15. The minimum Gasteiger partial charge on any atom is -0.389 e. The molecule has 0 radical (unpaired) electrons. The van der Waals surface area contributed by atoms with Gasteiger partial charge in [-0.15, -0.1) is 0 Å². The summed E-state index contributed by atoms with van der Waals surface area (Å²) >= 11 is 0. The molecule has 3 heteroatoms. The minimum absolute atomic E-state index is 0.359. The largest absolute Gasteiger partial charge is 0.389 e. The standard InChI is InChI=1S/C16H33NO2/c1-14(2)7-6-10-19-13-16(18)12-17-11-15-8-4-3-5-9-15/h14-18H,3-13H2,1-2H3. The van der Waals surface area contributed by atoms with Gasteiger partial charge in [-0.25, -0.2) is 0 Å². The summed E-state index contributed by atoms with van der Waals surface area (Å²) in [4.78, 5) is 0. The Morgan fingerprint density at radius 2 is 1.95 bits per heavy atom. The summed E-state index contributed by atoms with van der Waals surface area (Å²) in [5.41, 5.74) is 0. The van der Waals surface area contributed by atoms with E-state index in [2.05, 4.69) is 19.2 Å². The van der Waals surface area contributed by atoms with Crippen LogP contribution in [-0.4, -0.2) is 37.5 Å². The van der Waals surface area contributed by atoms with Gasteiger partial charge in [0.05, 0.1) is 12.7 Å². The lowest BCUT2D eigenvalue weighted by Gasteiger charge is -2.22. The van der Waals surface area contributed by atoms with Gasteiger partial charge in [-0.05, 0) is 44.1 Å². The fraction of sp³-hybridized carbons (Fsp3) is 1.00. The van der Waals surface area contributed by atoms with Crippen LogP contribution in [0.5, 0.6) is 0 Å². The molecule has 0 aromatic rings. The van der Waals surface area contributed by atoms with Gasteiger partial charge in [-0.2, -0.15) is 0 Å². The molecule has 1 aliphatic carbocycles. The second-order valence-corrected chi connectivity index (χ2v) is 6.43. The third kappa shape index (κ3) is 9.42. The van der Waals surface area contributed by atoms with Gasteiger partial charge in [-0.1, -0.05) is 33.1 Å². The Balaban J connectivity index is 1.88. The van der Waals surface area contributed by atoms with Crippen LogP contribution in [0.15, 0.2) is 0 Å². The number of nitrogens with one attached hydrogen (secondary N) is 1. The van der Waals surface area contributed by atoms with Crippen molar-refractivity contribution in [1.82, 2.24) is 5.32 Å². The normalized spacial score (nSPS) is 18.9. The Kier molecular flexibility index (Phi) is 9.48. The Labute approximate surface area is 119 Å². The summed E-state index contributed by atoms with van der Waals surface area (Å²) in [5, 5.41) is 13.2. The Morgan fingerprint density at radius 3 is 2.63 bits per heavy atom. The SMILES string of the molecule is CC(C)CCCOCC(O)CNCC1CCCCC1. The zero-order valence-electron chi connectivity index (χ0n) is 12.9. The summed E-state index contributed by atoms with van der Waals surface area (Å²) in [6.07, 6.45) is 8.83. The van der Waals surface area contributed by atoms with Crippen molar-refractivity contribution in [3.8, 4) is 0 Å². The first kappa shape index (κ1) is 16.9. The van der Waals surface area contributed by atoms with Crippen LogP contribution in [0.1, 0.15) is 58.8 Å². The first-order chi connectivity index (χ1) is 9.18. The number of hydrogen-bond acceptors (Lipinski definition) is 3. The van der Waals surface area contributed by atoms with Crippen LogP contribution in [0.3, 0.4) is 0 Å². The quantitative estimate of drug-likeness (QED) is 0.600. The van der Waals surface area contributed by atoms with Crippen molar-refractivity contribution < 1.29 is 9.84 Å². The van der Waals surface area contributed by atoms with Gasteiger partial charge >= 0.3 is 0 Å². The molecule has 114 valence electrons. The molecule has 1 saturated carbocycles. The summed E-state index contributed by atoms with van der Waals surface area (Å²) < 4.78 is 5.50. The average molecular weight is 271 g/mol. The molecule has 1 rings (SSSR count). The summed E-state index contributed by atoms with van der Waals surface area (Å²) in [7, 11) is 0. The van der Waals surface area contributed by atoms with Crippen LogP contribution in [0.2, 0.25) is 0 Å². The molecular weight excluding hydrogens is 238 g/mol. The van der Waals surface area contributed by atoms with Crippen LogP contribution in [0, 0.1) is 11.8 Å². The molecule has 3 nitrogen and oxygen atoms in total. The monoisotopic (exact) mass is 271 g/mol. The van der Waals surface area contributed by atoms with E-state index in [1.54, 1.807) is 0 Å². The van der Waals surface area contributed by atoms with Crippen LogP contribution in [-0.2, 0) is 4.74 Å². The zero-order chi connectivity index (χ0) is 13.9. The van der Waals surface area contributed by atoms with E-state index in [4.69, 9.17) is 4.74 Å². The molecule has 1 unspecified atom stereocenters. The van der Waals surface area contributed by atoms with Gasteiger partial charge < -0.3 is 15.2 Å². The molecule has 0 aromatic heterocycles. The van der Waals surface area contributed by atoms with Crippen molar-refractivity contribution >= 4 is 0 Å². The summed E-state index contributed by atoms with van der Waals surface area (Å²) in [6, 6.07) is 0. The maximum absolute atomic E-state index is 9.80. The van der Waals surface area contributed by atoms with E-state index >= 15 is 0 Å². The molecule has 0 heterocycles. The molecule has 2 N–H and O–H groups in total. The van der Waals surface area contributed by atoms with Crippen LogP contribution < -0.4 is 5.32 Å². The van der Waals surface area contributed by atoms with Crippen LogP contribution in [0.25, 0.3) is 0 Å². The fourth-order valence-corrected chi connectivity index (χ4v) is 2.72. The van der Waals surface area contributed by atoms with Crippen molar-refractivity contribution in [2.24, 2.45) is 11.8 Å². The fourth-order valence-electron chi connectivity index (χ4n) is 2.72. The summed E-state index contributed by atoms with van der Waals surface area (Å²) in [5.74, 6) is 1.57. The molecule has 0 aliphatic heterocycles. The molecule has 0 aromatic carbocycles. The highest BCUT2D eigenvalue weighted by Crippen LogP contribution is 2.22. The molecule has 19 heavy (non-hydrogen) atoms. The lowest BCUT2D eigenvalue weighted by atomic mass is 9.89. The predicted octanol–water partition coefficient (Wildman–Crippen LogP) is 2.97. The highest BCUT2D eigenvalue weighted by atomic mass is 16.5. The van der Waals surface area contributed by atoms with E-state index in [-0.39, 0.29) is 6.10 Å². The lowest BCUT2D eigenvalue weighted by molar-refractivity contribution is 0.0342. The molecule has 0 spiro atoms. The number of aliphatic hydroxyl groups is 1.